The molecule has 1 unspecified atom stereocenters. The average molecular weight is 278 g/mol. The van der Waals surface area contributed by atoms with E-state index in [2.05, 4.69) is 27.1 Å². The second-order valence-electron chi connectivity index (χ2n) is 4.85. The van der Waals surface area contributed by atoms with Crippen molar-refractivity contribution in [2.24, 2.45) is 0 Å². The average Bonchev–Trinajstić information content (AvgIpc) is 2.48. The highest BCUT2D eigenvalue weighted by molar-refractivity contribution is 5.67. The molecule has 1 N–H and O–H groups in total. The molecule has 2 rings (SSSR count). The number of piperidine rings is 1. The number of ether oxygens (including phenoxy) is 2. The molecule has 5 nitrogen and oxygen atoms in total. The molecule has 110 valence electrons. The number of carbonyl (C=O) groups is 1. The molecule has 5 heteroatoms. The molecule has 1 saturated heterocycles. The Kier molecular flexibility index (Phi) is 5.09. The Morgan fingerprint density at radius 3 is 2.80 bits per heavy atom. The van der Waals surface area contributed by atoms with Crippen LogP contribution in [0.15, 0.2) is 24.3 Å². The topological polar surface area (TPSA) is 50.8 Å². The maximum atomic E-state index is 11.3. The van der Waals surface area contributed by atoms with Crippen molar-refractivity contribution in [2.75, 3.05) is 31.7 Å². The van der Waals surface area contributed by atoms with Crippen molar-refractivity contribution in [2.45, 2.75) is 25.8 Å². The third-order valence-electron chi connectivity index (χ3n) is 3.44. The van der Waals surface area contributed by atoms with Crippen LogP contribution in [-0.2, 0) is 4.74 Å². The van der Waals surface area contributed by atoms with Gasteiger partial charge in [0, 0.05) is 24.8 Å². The summed E-state index contributed by atoms with van der Waals surface area (Å²) in [5.74, 6) is 0.887. The van der Waals surface area contributed by atoms with Crippen LogP contribution in [-0.4, -0.2) is 38.9 Å². The summed E-state index contributed by atoms with van der Waals surface area (Å²) >= 11 is 0. The number of hydrogen-bond acceptors (Lipinski definition) is 4. The molecule has 1 fully saturated rings. The Labute approximate surface area is 119 Å². The summed E-state index contributed by atoms with van der Waals surface area (Å²) in [7, 11) is 1.39. The van der Waals surface area contributed by atoms with Crippen molar-refractivity contribution in [1.82, 2.24) is 5.32 Å². The molecule has 0 saturated carbocycles. The molecule has 0 aromatic heterocycles. The van der Waals surface area contributed by atoms with Crippen molar-refractivity contribution in [3.05, 3.63) is 24.3 Å². The van der Waals surface area contributed by atoms with Crippen LogP contribution >= 0.6 is 0 Å². The van der Waals surface area contributed by atoms with Gasteiger partial charge in [-0.1, -0.05) is 0 Å². The SMILES string of the molecule is CCOc1ccc(N2CCCC(NC(=O)OC)C2)cc1. The van der Waals surface area contributed by atoms with E-state index in [1.165, 1.54) is 7.11 Å². The van der Waals surface area contributed by atoms with Gasteiger partial charge in [-0.25, -0.2) is 4.79 Å². The third kappa shape index (κ3) is 3.79. The zero-order valence-electron chi connectivity index (χ0n) is 12.1. The molecule has 0 spiro atoms. The van der Waals surface area contributed by atoms with Gasteiger partial charge in [0.1, 0.15) is 5.75 Å². The lowest BCUT2D eigenvalue weighted by molar-refractivity contribution is 0.165. The van der Waals surface area contributed by atoms with E-state index < -0.39 is 0 Å². The molecule has 1 amide bonds. The van der Waals surface area contributed by atoms with Crippen LogP contribution in [0.1, 0.15) is 19.8 Å². The first-order chi connectivity index (χ1) is 9.72. The minimum Gasteiger partial charge on any atom is -0.494 e. The van der Waals surface area contributed by atoms with Gasteiger partial charge in [-0.3, -0.25) is 0 Å². The summed E-state index contributed by atoms with van der Waals surface area (Å²) < 4.78 is 10.1. The Balaban J connectivity index is 1.95. The van der Waals surface area contributed by atoms with Gasteiger partial charge in [-0.05, 0) is 44.0 Å². The number of benzene rings is 1. The first-order valence-electron chi connectivity index (χ1n) is 7.05. The van der Waals surface area contributed by atoms with Crippen LogP contribution < -0.4 is 15.0 Å². The first-order valence-corrected chi connectivity index (χ1v) is 7.05. The van der Waals surface area contributed by atoms with Crippen molar-refractivity contribution in [1.29, 1.82) is 0 Å². The Morgan fingerprint density at radius 2 is 2.15 bits per heavy atom. The Bertz CT molecular complexity index is 433. The van der Waals surface area contributed by atoms with Gasteiger partial charge in [0.2, 0.25) is 0 Å². The number of rotatable bonds is 4. The molecule has 0 bridgehead atoms. The number of alkyl carbamates (subject to hydrolysis) is 1. The fraction of sp³-hybridized carbons (Fsp3) is 0.533. The van der Waals surface area contributed by atoms with E-state index in [1.54, 1.807) is 0 Å². The highest BCUT2D eigenvalue weighted by atomic mass is 16.5. The smallest absolute Gasteiger partial charge is 0.407 e. The van der Waals surface area contributed by atoms with Gasteiger partial charge in [0.05, 0.1) is 13.7 Å². The fourth-order valence-corrected chi connectivity index (χ4v) is 2.47. The van der Waals surface area contributed by atoms with Gasteiger partial charge in [0.25, 0.3) is 0 Å². The van der Waals surface area contributed by atoms with Gasteiger partial charge in [-0.15, -0.1) is 0 Å². The van der Waals surface area contributed by atoms with E-state index in [-0.39, 0.29) is 12.1 Å². The molecule has 20 heavy (non-hydrogen) atoms. The molecule has 1 heterocycles. The Morgan fingerprint density at radius 1 is 1.40 bits per heavy atom. The molecule has 1 aromatic carbocycles. The van der Waals surface area contributed by atoms with Gasteiger partial charge in [0.15, 0.2) is 0 Å². The molecule has 0 aliphatic carbocycles. The van der Waals surface area contributed by atoms with Crippen LogP contribution in [0, 0.1) is 0 Å². The number of nitrogens with one attached hydrogen (secondary N) is 1. The van der Waals surface area contributed by atoms with Crippen LogP contribution in [0.3, 0.4) is 0 Å². The maximum absolute atomic E-state index is 11.3. The second-order valence-corrected chi connectivity index (χ2v) is 4.85. The maximum Gasteiger partial charge on any atom is 0.407 e. The van der Waals surface area contributed by atoms with E-state index in [9.17, 15) is 4.79 Å². The number of hydrogen-bond donors (Lipinski definition) is 1. The monoisotopic (exact) mass is 278 g/mol. The van der Waals surface area contributed by atoms with E-state index in [4.69, 9.17) is 4.74 Å². The minimum atomic E-state index is -0.358. The Hall–Kier alpha value is -1.91. The summed E-state index contributed by atoms with van der Waals surface area (Å²) in [5.41, 5.74) is 1.16. The summed E-state index contributed by atoms with van der Waals surface area (Å²) in [6, 6.07) is 8.23. The molecule has 1 aliphatic heterocycles. The molecular formula is C15H22N2O3. The van der Waals surface area contributed by atoms with Crippen molar-refractivity contribution in [3.63, 3.8) is 0 Å². The van der Waals surface area contributed by atoms with Crippen molar-refractivity contribution < 1.29 is 14.3 Å². The van der Waals surface area contributed by atoms with Gasteiger partial charge < -0.3 is 19.7 Å². The fourth-order valence-electron chi connectivity index (χ4n) is 2.47. The molecule has 1 aromatic rings. The molecule has 1 aliphatic rings. The number of methoxy groups -OCH3 is 1. The lowest BCUT2D eigenvalue weighted by Crippen LogP contribution is -2.47. The van der Waals surface area contributed by atoms with Crippen LogP contribution in [0.2, 0.25) is 0 Å². The van der Waals surface area contributed by atoms with Gasteiger partial charge >= 0.3 is 6.09 Å². The summed E-state index contributed by atoms with van der Waals surface area (Å²) in [6.45, 7) is 4.46. The van der Waals surface area contributed by atoms with Crippen LogP contribution in [0.25, 0.3) is 0 Å². The summed E-state index contributed by atoms with van der Waals surface area (Å²) in [5, 5.41) is 2.87. The zero-order valence-corrected chi connectivity index (χ0v) is 12.1. The van der Waals surface area contributed by atoms with Gasteiger partial charge in [-0.2, -0.15) is 0 Å². The van der Waals surface area contributed by atoms with E-state index in [0.717, 1.165) is 37.4 Å². The highest BCUT2D eigenvalue weighted by Gasteiger charge is 2.21. The molecule has 0 radical (unpaired) electrons. The first kappa shape index (κ1) is 14.5. The number of nitrogens with zero attached hydrogens (tertiary/aromatic N) is 1. The summed E-state index contributed by atoms with van der Waals surface area (Å²) in [4.78, 5) is 13.5. The number of amides is 1. The lowest BCUT2D eigenvalue weighted by Gasteiger charge is -2.34. The number of carbonyl (C=O) groups excluding carboxylic acids is 1. The lowest BCUT2D eigenvalue weighted by atomic mass is 10.1. The summed E-state index contributed by atoms with van der Waals surface area (Å²) in [6.07, 6.45) is 1.69. The normalized spacial score (nSPS) is 18.5. The second kappa shape index (κ2) is 7.03. The quantitative estimate of drug-likeness (QED) is 0.919. The van der Waals surface area contributed by atoms with Crippen LogP contribution in [0.4, 0.5) is 10.5 Å². The predicted octanol–water partition coefficient (Wildman–Crippen LogP) is 2.41. The minimum absolute atomic E-state index is 0.141. The molecule has 1 atom stereocenters. The third-order valence-corrected chi connectivity index (χ3v) is 3.44. The van der Waals surface area contributed by atoms with Crippen molar-refractivity contribution >= 4 is 11.8 Å². The largest absolute Gasteiger partial charge is 0.494 e. The van der Waals surface area contributed by atoms with E-state index in [1.807, 2.05) is 19.1 Å². The van der Waals surface area contributed by atoms with Crippen molar-refractivity contribution in [3.8, 4) is 5.75 Å². The highest BCUT2D eigenvalue weighted by Crippen LogP contribution is 2.23. The van der Waals surface area contributed by atoms with E-state index in [0.29, 0.717) is 6.61 Å². The number of anilines is 1. The predicted molar refractivity (Wildman–Crippen MR) is 78.4 cm³/mol. The van der Waals surface area contributed by atoms with E-state index >= 15 is 0 Å². The standard InChI is InChI=1S/C15H22N2O3/c1-3-20-14-8-6-13(7-9-14)17-10-4-5-12(11-17)16-15(18)19-2/h6-9,12H,3-5,10-11H2,1-2H3,(H,16,18). The zero-order chi connectivity index (χ0) is 14.4. The van der Waals surface area contributed by atoms with Crippen LogP contribution in [0.5, 0.6) is 5.75 Å². The molecular weight excluding hydrogens is 256 g/mol.